The van der Waals surface area contributed by atoms with E-state index in [1.807, 2.05) is 13.8 Å². The van der Waals surface area contributed by atoms with Gasteiger partial charge in [-0.05, 0) is 0 Å². The van der Waals surface area contributed by atoms with Crippen LogP contribution in [0.25, 0.3) is 0 Å². The largest absolute Gasteiger partial charge is 0.386 e. The second-order valence-corrected chi connectivity index (χ2v) is 2.90. The summed E-state index contributed by atoms with van der Waals surface area (Å²) >= 11 is 0. The number of hydrogen-bond acceptors (Lipinski definition) is 3. The minimum Gasteiger partial charge on any atom is -0.386 e. The van der Waals surface area contributed by atoms with Gasteiger partial charge in [-0.3, -0.25) is 4.79 Å². The summed E-state index contributed by atoms with van der Waals surface area (Å²) in [7, 11) is 0. The van der Waals surface area contributed by atoms with Crippen molar-refractivity contribution in [3.05, 3.63) is 12.4 Å². The summed E-state index contributed by atoms with van der Waals surface area (Å²) in [5.74, 6) is 0.513. The Morgan fingerprint density at radius 2 is 1.92 bits per heavy atom. The highest BCUT2D eigenvalue weighted by Gasteiger charge is 2.03. The van der Waals surface area contributed by atoms with Crippen molar-refractivity contribution in [2.45, 2.75) is 13.8 Å². The maximum absolute atomic E-state index is 11.0. The molecule has 0 atom stereocenters. The second-order valence-electron chi connectivity index (χ2n) is 2.90. The average Bonchev–Trinajstić information content (AvgIpc) is 1.97. The van der Waals surface area contributed by atoms with Gasteiger partial charge in [0.15, 0.2) is 0 Å². The second kappa shape index (κ2) is 5.46. The molecule has 0 radical (unpaired) electrons. The molecule has 0 aliphatic heterocycles. The molecule has 0 aromatic rings. The summed E-state index contributed by atoms with van der Waals surface area (Å²) in [5, 5.41) is 5.55. The third-order valence-electron chi connectivity index (χ3n) is 1.30. The van der Waals surface area contributed by atoms with Crippen LogP contribution in [0.4, 0.5) is 0 Å². The molecule has 0 fully saturated rings. The zero-order valence-electron chi connectivity index (χ0n) is 7.68. The lowest BCUT2D eigenvalue weighted by molar-refractivity contribution is -0.123. The number of rotatable bonds is 5. The van der Waals surface area contributed by atoms with Crippen LogP contribution in [0, 0.1) is 5.92 Å². The van der Waals surface area contributed by atoms with Crippen molar-refractivity contribution in [1.29, 1.82) is 0 Å². The van der Waals surface area contributed by atoms with Crippen LogP contribution in [0.5, 0.6) is 0 Å². The fourth-order valence-corrected chi connectivity index (χ4v) is 0.613. The van der Waals surface area contributed by atoms with Crippen molar-refractivity contribution in [2.24, 2.45) is 11.7 Å². The Hall–Kier alpha value is -1.19. The summed E-state index contributed by atoms with van der Waals surface area (Å²) in [4.78, 5) is 11.0. The quantitative estimate of drug-likeness (QED) is 0.501. The van der Waals surface area contributed by atoms with Gasteiger partial charge in [-0.25, -0.2) is 0 Å². The molecule has 0 aliphatic rings. The van der Waals surface area contributed by atoms with Crippen molar-refractivity contribution < 1.29 is 4.79 Å². The Balaban J connectivity index is 3.32. The van der Waals surface area contributed by atoms with E-state index >= 15 is 0 Å². The first kappa shape index (κ1) is 10.8. The number of carbonyl (C=O) groups is 1. The first-order chi connectivity index (χ1) is 5.54. The highest BCUT2D eigenvalue weighted by molar-refractivity contribution is 5.77. The Bertz CT molecular complexity index is 166. The number of nitrogens with two attached hydrogens (primary N) is 1. The topological polar surface area (TPSA) is 67.2 Å². The lowest BCUT2D eigenvalue weighted by atomic mass is 10.2. The molecular formula is C8H17N3O. The molecule has 0 spiro atoms. The van der Waals surface area contributed by atoms with Gasteiger partial charge in [0.2, 0.25) is 5.91 Å². The fourth-order valence-electron chi connectivity index (χ4n) is 0.613. The molecule has 1 amide bonds. The van der Waals surface area contributed by atoms with E-state index in [2.05, 4.69) is 17.2 Å². The van der Waals surface area contributed by atoms with Crippen LogP contribution in [-0.2, 0) is 4.79 Å². The molecule has 0 rings (SSSR count). The smallest absolute Gasteiger partial charge is 0.222 e. The van der Waals surface area contributed by atoms with Gasteiger partial charge in [0, 0.05) is 19.0 Å². The molecule has 0 saturated carbocycles. The van der Waals surface area contributed by atoms with E-state index in [0.717, 1.165) is 0 Å². The summed E-state index contributed by atoms with van der Waals surface area (Å²) < 4.78 is 0. The van der Waals surface area contributed by atoms with Crippen LogP contribution in [0.2, 0.25) is 0 Å². The van der Waals surface area contributed by atoms with E-state index in [4.69, 9.17) is 5.73 Å². The minimum atomic E-state index is 0.0334. The third kappa shape index (κ3) is 5.58. The van der Waals surface area contributed by atoms with Gasteiger partial charge >= 0.3 is 0 Å². The molecule has 0 bridgehead atoms. The van der Waals surface area contributed by atoms with Crippen molar-refractivity contribution >= 4 is 5.91 Å². The fraction of sp³-hybridized carbons (Fsp3) is 0.625. The number of amides is 1. The molecule has 4 nitrogen and oxygen atoms in total. The first-order valence-corrected chi connectivity index (χ1v) is 4.00. The zero-order valence-corrected chi connectivity index (χ0v) is 7.68. The molecule has 0 unspecified atom stereocenters. The van der Waals surface area contributed by atoms with E-state index in [1.165, 1.54) is 0 Å². The highest BCUT2D eigenvalue weighted by Crippen LogP contribution is 1.88. The maximum Gasteiger partial charge on any atom is 0.222 e. The van der Waals surface area contributed by atoms with Gasteiger partial charge in [0.25, 0.3) is 0 Å². The van der Waals surface area contributed by atoms with Crippen molar-refractivity contribution in [3.8, 4) is 0 Å². The summed E-state index contributed by atoms with van der Waals surface area (Å²) in [6, 6.07) is 0. The molecule has 12 heavy (non-hydrogen) atoms. The van der Waals surface area contributed by atoms with Gasteiger partial charge in [-0.1, -0.05) is 20.4 Å². The van der Waals surface area contributed by atoms with Crippen LogP contribution in [0.3, 0.4) is 0 Å². The predicted molar refractivity (Wildman–Crippen MR) is 49.2 cm³/mol. The van der Waals surface area contributed by atoms with Crippen molar-refractivity contribution in [3.63, 3.8) is 0 Å². The number of carbonyl (C=O) groups excluding carboxylic acids is 1. The molecule has 4 heteroatoms. The van der Waals surface area contributed by atoms with Gasteiger partial charge in [-0.15, -0.1) is 0 Å². The lowest BCUT2D eigenvalue weighted by Gasteiger charge is -2.08. The summed E-state index contributed by atoms with van der Waals surface area (Å²) in [6.45, 7) is 8.36. The van der Waals surface area contributed by atoms with Gasteiger partial charge in [0.05, 0.1) is 5.82 Å². The van der Waals surface area contributed by atoms with Crippen LogP contribution >= 0.6 is 0 Å². The molecule has 0 aromatic heterocycles. The average molecular weight is 171 g/mol. The Labute approximate surface area is 73.2 Å². The van der Waals surface area contributed by atoms with E-state index in [-0.39, 0.29) is 11.8 Å². The monoisotopic (exact) mass is 171 g/mol. The number of hydrogen-bond donors (Lipinski definition) is 3. The third-order valence-corrected chi connectivity index (χ3v) is 1.30. The molecule has 0 heterocycles. The van der Waals surface area contributed by atoms with Crippen LogP contribution in [0.15, 0.2) is 12.4 Å². The summed E-state index contributed by atoms with van der Waals surface area (Å²) in [6.07, 6.45) is 0. The highest BCUT2D eigenvalue weighted by atomic mass is 16.1. The predicted octanol–water partition coefficient (Wildman–Crippen LogP) is -0.222. The molecule has 4 N–H and O–H groups in total. The van der Waals surface area contributed by atoms with Gasteiger partial charge < -0.3 is 16.4 Å². The number of nitrogens with one attached hydrogen (secondary N) is 2. The molecule has 0 aromatic carbocycles. The molecule has 70 valence electrons. The Morgan fingerprint density at radius 3 is 2.33 bits per heavy atom. The van der Waals surface area contributed by atoms with Gasteiger partial charge in [-0.2, -0.15) is 0 Å². The van der Waals surface area contributed by atoms with Crippen LogP contribution < -0.4 is 16.4 Å². The normalized spacial score (nSPS) is 9.58. The maximum atomic E-state index is 11.0. The Morgan fingerprint density at radius 1 is 1.42 bits per heavy atom. The first-order valence-electron chi connectivity index (χ1n) is 4.00. The Kier molecular flexibility index (Phi) is 4.92. The summed E-state index contributed by atoms with van der Waals surface area (Å²) in [5.41, 5.74) is 5.25. The van der Waals surface area contributed by atoms with Crippen molar-refractivity contribution in [1.82, 2.24) is 10.6 Å². The molecule has 0 saturated heterocycles. The van der Waals surface area contributed by atoms with E-state index in [9.17, 15) is 4.79 Å². The van der Waals surface area contributed by atoms with Crippen molar-refractivity contribution in [2.75, 3.05) is 13.1 Å². The lowest BCUT2D eigenvalue weighted by Crippen LogP contribution is -2.34. The zero-order chi connectivity index (χ0) is 9.56. The van der Waals surface area contributed by atoms with E-state index < -0.39 is 0 Å². The van der Waals surface area contributed by atoms with Gasteiger partial charge in [0.1, 0.15) is 0 Å². The molecule has 0 aliphatic carbocycles. The van der Waals surface area contributed by atoms with Crippen LogP contribution in [0.1, 0.15) is 13.8 Å². The SMILES string of the molecule is C=C(N)NCCNC(=O)C(C)C. The van der Waals surface area contributed by atoms with E-state index in [0.29, 0.717) is 18.9 Å². The standard InChI is InChI=1S/C8H17N3O/c1-6(2)8(12)11-5-4-10-7(3)9/h6,10H,3-5,9H2,1-2H3,(H,11,12). The molecular weight excluding hydrogens is 154 g/mol. The minimum absolute atomic E-state index is 0.0334. The van der Waals surface area contributed by atoms with E-state index in [1.54, 1.807) is 0 Å². The van der Waals surface area contributed by atoms with Crippen LogP contribution in [-0.4, -0.2) is 19.0 Å².